The third-order valence-electron chi connectivity index (χ3n) is 4.61. The van der Waals surface area contributed by atoms with Crippen molar-refractivity contribution in [1.29, 1.82) is 0 Å². The maximum atomic E-state index is 14.6. The maximum absolute atomic E-state index is 14.6. The summed E-state index contributed by atoms with van der Waals surface area (Å²) in [7, 11) is 0. The van der Waals surface area contributed by atoms with Crippen LogP contribution >= 0.6 is 23.2 Å². The van der Waals surface area contributed by atoms with E-state index in [0.717, 1.165) is 0 Å². The van der Waals surface area contributed by atoms with Crippen LogP contribution in [0.25, 0.3) is 10.9 Å². The molecule has 0 unspecified atom stereocenters. The van der Waals surface area contributed by atoms with Crippen LogP contribution in [0.2, 0.25) is 10.0 Å². The summed E-state index contributed by atoms with van der Waals surface area (Å²) >= 11 is 11.8. The number of rotatable bonds is 6. The number of hydrogen-bond acceptors (Lipinski definition) is 4. The lowest BCUT2D eigenvalue weighted by atomic mass is 10.1. The smallest absolute Gasteiger partial charge is 0.290 e. The van der Waals surface area contributed by atoms with Crippen LogP contribution in [0.4, 0.5) is 8.78 Å². The molecule has 4 aromatic rings. The average Bonchev–Trinajstić information content (AvgIpc) is 2.78. The third-order valence-corrected chi connectivity index (χ3v) is 5.10. The lowest BCUT2D eigenvalue weighted by Gasteiger charge is -2.18. The topological polar surface area (TPSA) is 64.1 Å². The first-order valence-electron chi connectivity index (χ1n) is 9.44. The first-order valence-corrected chi connectivity index (χ1v) is 10.2. The molecular weight excluding hydrogens is 459 g/mol. The molecule has 5 nitrogen and oxygen atoms in total. The van der Waals surface area contributed by atoms with E-state index in [1.807, 2.05) is 0 Å². The molecule has 1 aromatic heterocycles. The van der Waals surface area contributed by atoms with Gasteiger partial charge in [-0.2, -0.15) is 8.78 Å². The molecule has 0 aliphatic carbocycles. The number of carbonyl (C=O) groups excluding carboxylic acids is 1. The normalized spacial score (nSPS) is 11.4. The predicted molar refractivity (Wildman–Crippen MR) is 119 cm³/mol. The molecule has 0 bridgehead atoms. The van der Waals surface area contributed by atoms with E-state index in [1.54, 1.807) is 42.5 Å². The van der Waals surface area contributed by atoms with Gasteiger partial charge in [-0.15, -0.1) is 10.2 Å². The molecule has 1 N–H and O–H groups in total. The number of nitrogens with zero attached hydrogens (tertiary/aromatic N) is 2. The summed E-state index contributed by atoms with van der Waals surface area (Å²) in [6, 6.07) is 18.4. The van der Waals surface area contributed by atoms with E-state index in [2.05, 4.69) is 15.5 Å². The Bertz CT molecular complexity index is 1280. The van der Waals surface area contributed by atoms with Gasteiger partial charge in [-0.25, -0.2) is 0 Å². The number of nitrogens with one attached hydrogen (secondary N) is 1. The highest BCUT2D eigenvalue weighted by Crippen LogP contribution is 2.31. The van der Waals surface area contributed by atoms with Crippen molar-refractivity contribution >= 4 is 40.0 Å². The highest BCUT2D eigenvalue weighted by molar-refractivity contribution is 6.30. The summed E-state index contributed by atoms with van der Waals surface area (Å²) in [4.78, 5) is 13.0. The van der Waals surface area contributed by atoms with Gasteiger partial charge in [-0.1, -0.05) is 59.6 Å². The fourth-order valence-electron chi connectivity index (χ4n) is 3.05. The van der Waals surface area contributed by atoms with Crippen molar-refractivity contribution in [1.82, 2.24) is 15.5 Å². The van der Waals surface area contributed by atoms with E-state index in [9.17, 15) is 13.6 Å². The summed E-state index contributed by atoms with van der Waals surface area (Å²) in [5.41, 5.74) is 0.137. The Morgan fingerprint density at radius 2 is 1.69 bits per heavy atom. The number of carbonyl (C=O) groups is 1. The van der Waals surface area contributed by atoms with Crippen LogP contribution in [0.5, 0.6) is 11.6 Å². The quantitative estimate of drug-likeness (QED) is 0.359. The molecule has 4 rings (SSSR count). The SMILES string of the molecule is O=C(NCC(F)(F)c1ccc(Cl)cc1)c1c(Oc2cccc(Cl)c2)nnc2ccccc12. The molecule has 162 valence electrons. The number of fused-ring (bicyclic) bond motifs is 1. The Kier molecular flexibility index (Phi) is 6.21. The fraction of sp³-hybridized carbons (Fsp3) is 0.0870. The number of ether oxygens (including phenoxy) is 1. The lowest BCUT2D eigenvalue weighted by Crippen LogP contribution is -2.35. The Labute approximate surface area is 191 Å². The van der Waals surface area contributed by atoms with Gasteiger partial charge in [-0.3, -0.25) is 4.79 Å². The van der Waals surface area contributed by atoms with E-state index in [0.29, 0.717) is 26.7 Å². The van der Waals surface area contributed by atoms with Crippen molar-refractivity contribution in [3.05, 3.63) is 94.0 Å². The molecule has 0 atom stereocenters. The Morgan fingerprint density at radius 1 is 0.938 bits per heavy atom. The second-order valence-corrected chi connectivity index (χ2v) is 7.72. The number of alkyl halides is 2. The fourth-order valence-corrected chi connectivity index (χ4v) is 3.35. The first-order chi connectivity index (χ1) is 15.3. The molecule has 0 aliphatic rings. The van der Waals surface area contributed by atoms with E-state index in [1.165, 1.54) is 30.3 Å². The lowest BCUT2D eigenvalue weighted by molar-refractivity contribution is -0.00248. The minimum Gasteiger partial charge on any atom is -0.437 e. The summed E-state index contributed by atoms with van der Waals surface area (Å²) in [6.07, 6.45) is 0. The molecule has 0 aliphatic heterocycles. The molecule has 0 spiro atoms. The van der Waals surface area contributed by atoms with Gasteiger partial charge in [0.05, 0.1) is 12.1 Å². The number of amides is 1. The first kappa shape index (κ1) is 21.9. The zero-order valence-corrected chi connectivity index (χ0v) is 17.9. The number of hydrogen-bond donors (Lipinski definition) is 1. The van der Waals surface area contributed by atoms with Gasteiger partial charge < -0.3 is 10.1 Å². The number of benzene rings is 3. The number of halogens is 4. The maximum Gasteiger partial charge on any atom is 0.290 e. The minimum absolute atomic E-state index is 0.0116. The molecule has 0 fully saturated rings. The minimum atomic E-state index is -3.31. The Morgan fingerprint density at radius 3 is 2.44 bits per heavy atom. The second kappa shape index (κ2) is 9.06. The van der Waals surface area contributed by atoms with Crippen LogP contribution in [0, 0.1) is 0 Å². The van der Waals surface area contributed by atoms with Crippen molar-refractivity contribution in [2.75, 3.05) is 6.54 Å². The van der Waals surface area contributed by atoms with E-state index in [4.69, 9.17) is 27.9 Å². The van der Waals surface area contributed by atoms with Crippen molar-refractivity contribution in [2.24, 2.45) is 0 Å². The average molecular weight is 474 g/mol. The van der Waals surface area contributed by atoms with Gasteiger partial charge in [0, 0.05) is 21.0 Å². The third kappa shape index (κ3) is 4.79. The zero-order valence-electron chi connectivity index (χ0n) is 16.4. The zero-order chi connectivity index (χ0) is 22.7. The number of aromatic nitrogens is 2. The summed E-state index contributed by atoms with van der Waals surface area (Å²) < 4.78 is 35.0. The van der Waals surface area contributed by atoms with E-state index >= 15 is 0 Å². The summed E-state index contributed by atoms with van der Waals surface area (Å²) in [5.74, 6) is -3.90. The molecule has 3 aromatic carbocycles. The van der Waals surface area contributed by atoms with Gasteiger partial charge in [0.15, 0.2) is 0 Å². The summed E-state index contributed by atoms with van der Waals surface area (Å²) in [5, 5.41) is 11.5. The molecule has 1 amide bonds. The van der Waals surface area contributed by atoms with Gasteiger partial charge in [-0.05, 0) is 36.4 Å². The largest absolute Gasteiger partial charge is 0.437 e. The van der Waals surface area contributed by atoms with Crippen molar-refractivity contribution in [3.63, 3.8) is 0 Å². The van der Waals surface area contributed by atoms with Crippen molar-refractivity contribution in [2.45, 2.75) is 5.92 Å². The van der Waals surface area contributed by atoms with E-state index in [-0.39, 0.29) is 17.0 Å². The van der Waals surface area contributed by atoms with Gasteiger partial charge in [0.2, 0.25) is 0 Å². The highest BCUT2D eigenvalue weighted by atomic mass is 35.5. The second-order valence-electron chi connectivity index (χ2n) is 6.85. The molecule has 32 heavy (non-hydrogen) atoms. The van der Waals surface area contributed by atoms with Crippen LogP contribution in [-0.4, -0.2) is 22.6 Å². The van der Waals surface area contributed by atoms with Crippen LogP contribution in [0.15, 0.2) is 72.8 Å². The van der Waals surface area contributed by atoms with E-state index < -0.39 is 18.4 Å². The molecule has 0 radical (unpaired) electrons. The van der Waals surface area contributed by atoms with Crippen molar-refractivity contribution in [3.8, 4) is 11.6 Å². The van der Waals surface area contributed by atoms with Gasteiger partial charge >= 0.3 is 0 Å². The molecule has 9 heteroatoms. The highest BCUT2D eigenvalue weighted by Gasteiger charge is 2.33. The Hall–Kier alpha value is -3.29. The Balaban J connectivity index is 1.65. The molecular formula is C23H15Cl2F2N3O2. The van der Waals surface area contributed by atoms with Crippen molar-refractivity contribution < 1.29 is 18.3 Å². The van der Waals surface area contributed by atoms with Gasteiger partial charge in [0.1, 0.15) is 11.3 Å². The van der Waals surface area contributed by atoms with Crippen LogP contribution in [0.1, 0.15) is 15.9 Å². The van der Waals surface area contributed by atoms with Crippen LogP contribution in [0.3, 0.4) is 0 Å². The summed E-state index contributed by atoms with van der Waals surface area (Å²) in [6.45, 7) is -0.930. The molecule has 0 saturated heterocycles. The predicted octanol–water partition coefficient (Wildman–Crippen LogP) is 6.25. The van der Waals surface area contributed by atoms with Gasteiger partial charge in [0.25, 0.3) is 17.7 Å². The monoisotopic (exact) mass is 473 g/mol. The molecule has 1 heterocycles. The van der Waals surface area contributed by atoms with Crippen LogP contribution in [-0.2, 0) is 5.92 Å². The molecule has 0 saturated carbocycles. The standard InChI is InChI=1S/C23H15Cl2F2N3O2/c24-15-10-8-14(9-11-15)23(26,27)13-28-21(31)20-18-6-1-2-7-19(18)29-30-22(20)32-17-5-3-4-16(25)12-17/h1-12H,13H2,(H,28,31). The van der Waals surface area contributed by atoms with Crippen LogP contribution < -0.4 is 10.1 Å².